The first-order valence-corrected chi connectivity index (χ1v) is 8.20. The molecule has 3 rings (SSSR count). The molecule has 11 nitrogen and oxygen atoms in total. The summed E-state index contributed by atoms with van der Waals surface area (Å²) < 4.78 is 28.3. The van der Waals surface area contributed by atoms with Crippen molar-refractivity contribution in [2.24, 2.45) is 0 Å². The number of benzene rings is 2. The molecule has 13 heteroatoms. The second-order valence-corrected chi connectivity index (χ2v) is 6.71. The number of nitrogens with two attached hydrogens (primary N) is 1. The van der Waals surface area contributed by atoms with Gasteiger partial charge in [-0.05, 0) is 12.1 Å². The summed E-state index contributed by atoms with van der Waals surface area (Å²) in [5, 5.41) is 0. The Balaban J connectivity index is -0.00000135. The summed E-state index contributed by atoms with van der Waals surface area (Å²) in [6, 6.07) is 8.18. The van der Waals surface area contributed by atoms with Gasteiger partial charge in [-0.15, -0.1) is 0 Å². The smallest absolute Gasteiger partial charge is 0.341 e. The molecule has 1 aliphatic carbocycles. The number of carbonyl (C=O) groups is 3. The van der Waals surface area contributed by atoms with Gasteiger partial charge in [0.25, 0.3) is 0 Å². The molecule has 0 spiro atoms. The molecule has 2 aromatic rings. The third kappa shape index (κ3) is 5.25. The van der Waals surface area contributed by atoms with Crippen LogP contribution >= 0.6 is 0 Å². The van der Waals surface area contributed by atoms with Gasteiger partial charge in [-0.1, -0.05) is 24.3 Å². The minimum absolute atomic E-state index is 0. The maximum absolute atomic E-state index is 12.6. The van der Waals surface area contributed by atoms with E-state index in [1.807, 2.05) is 0 Å². The first-order valence-electron chi connectivity index (χ1n) is 6.79. The van der Waals surface area contributed by atoms with Crippen LogP contribution in [0.4, 0.5) is 5.69 Å². The average Bonchev–Trinajstić information content (AvgIpc) is 2.50. The van der Waals surface area contributed by atoms with Crippen molar-refractivity contribution in [2.75, 3.05) is 5.73 Å². The fraction of sp³-hybridized carbons (Fsp3) is 0.0625. The Hall–Kier alpha value is -2.64. The normalized spacial score (nSPS) is 10.9. The fourth-order valence-electron chi connectivity index (χ4n) is 2.58. The molecule has 0 bridgehead atoms. The van der Waals surface area contributed by atoms with Crippen LogP contribution in [0, 0.1) is 0 Å². The first kappa shape index (κ1) is 31.1. The standard InChI is InChI=1S/C16H11NO6S.Mn.4H2O/c1-8(18)23-24(21,22)9-6-12-14(13(17)7-9)16(20)11-5-3-2-4-10(11)15(12)19;;;;;/h2-7H,17H2,1H3;;4*1H2. The maximum atomic E-state index is 12.6. The monoisotopic (exact) mass is 472 g/mol. The molecule has 0 atom stereocenters. The predicted molar refractivity (Wildman–Crippen MR) is 97.6 cm³/mol. The second kappa shape index (κ2) is 10.8. The molecule has 0 fully saturated rings. The Morgan fingerprint density at radius 1 is 0.897 bits per heavy atom. The molecule has 0 aromatic heterocycles. The summed E-state index contributed by atoms with van der Waals surface area (Å²) in [6.45, 7) is 0.935. The van der Waals surface area contributed by atoms with Crippen LogP contribution < -0.4 is 5.73 Å². The van der Waals surface area contributed by atoms with Gasteiger partial charge >= 0.3 is 16.1 Å². The molecule has 0 heterocycles. The summed E-state index contributed by atoms with van der Waals surface area (Å²) in [7, 11) is -4.43. The van der Waals surface area contributed by atoms with Gasteiger partial charge in [0.2, 0.25) is 0 Å². The van der Waals surface area contributed by atoms with E-state index in [2.05, 4.69) is 4.18 Å². The summed E-state index contributed by atoms with van der Waals surface area (Å²) >= 11 is 0. The number of hydrogen-bond donors (Lipinski definition) is 1. The van der Waals surface area contributed by atoms with Crippen molar-refractivity contribution in [3.05, 3.63) is 58.7 Å². The number of anilines is 1. The van der Waals surface area contributed by atoms with E-state index >= 15 is 0 Å². The summed E-state index contributed by atoms with van der Waals surface area (Å²) in [4.78, 5) is 35.6. The third-order valence-electron chi connectivity index (χ3n) is 3.55. The van der Waals surface area contributed by atoms with E-state index < -0.39 is 32.5 Å². The van der Waals surface area contributed by atoms with E-state index in [0.29, 0.717) is 0 Å². The molecular weight excluding hydrogens is 453 g/mol. The summed E-state index contributed by atoms with van der Waals surface area (Å²) in [6.07, 6.45) is 0. The van der Waals surface area contributed by atoms with Gasteiger partial charge < -0.3 is 31.8 Å². The first-order chi connectivity index (χ1) is 11.2. The van der Waals surface area contributed by atoms with Crippen molar-refractivity contribution < 1.29 is 66.0 Å². The SMILES string of the molecule is CC(=O)OS(=O)(=O)c1cc(N)c2c(c1)C(=O)c1ccccc1C2=O.O.O.O.O.[Mn]. The third-order valence-corrected chi connectivity index (χ3v) is 4.81. The Kier molecular flexibility index (Phi) is 11.5. The van der Waals surface area contributed by atoms with E-state index in [1.165, 1.54) is 12.1 Å². The topological polar surface area (TPSA) is 247 Å². The Bertz CT molecular complexity index is 1040. The average molecular weight is 472 g/mol. The molecule has 0 amide bonds. The zero-order valence-electron chi connectivity index (χ0n) is 14.8. The van der Waals surface area contributed by atoms with Crippen molar-refractivity contribution in [3.8, 4) is 0 Å². The minimum Gasteiger partial charge on any atom is -0.412 e. The van der Waals surface area contributed by atoms with Gasteiger partial charge in [0.15, 0.2) is 11.6 Å². The number of carbonyl (C=O) groups excluding carboxylic acids is 3. The van der Waals surface area contributed by atoms with Gasteiger partial charge in [-0.25, -0.2) is 0 Å². The van der Waals surface area contributed by atoms with Crippen LogP contribution in [0.25, 0.3) is 0 Å². The molecule has 29 heavy (non-hydrogen) atoms. The Morgan fingerprint density at radius 2 is 1.38 bits per heavy atom. The molecule has 10 N–H and O–H groups in total. The van der Waals surface area contributed by atoms with E-state index in [0.717, 1.165) is 19.1 Å². The fourth-order valence-corrected chi connectivity index (χ4v) is 3.51. The van der Waals surface area contributed by atoms with E-state index in [1.54, 1.807) is 12.1 Å². The molecular formula is C16H19MnNO10S. The van der Waals surface area contributed by atoms with Crippen LogP contribution in [0.1, 0.15) is 38.8 Å². The predicted octanol–water partition coefficient (Wildman–Crippen LogP) is -2.01. The van der Waals surface area contributed by atoms with Crippen LogP contribution in [0.15, 0.2) is 41.3 Å². The van der Waals surface area contributed by atoms with Gasteiger partial charge in [-0.2, -0.15) is 8.42 Å². The van der Waals surface area contributed by atoms with Gasteiger partial charge in [0.05, 0.1) is 5.56 Å². The van der Waals surface area contributed by atoms with E-state index in [-0.39, 0.29) is 66.9 Å². The second-order valence-electron chi connectivity index (χ2n) is 5.17. The largest absolute Gasteiger partial charge is 0.412 e. The van der Waals surface area contributed by atoms with Crippen molar-refractivity contribution in [3.63, 3.8) is 0 Å². The molecule has 0 saturated heterocycles. The molecule has 2 aromatic carbocycles. The van der Waals surface area contributed by atoms with Crippen LogP contribution in [0.2, 0.25) is 0 Å². The van der Waals surface area contributed by atoms with Crippen molar-refractivity contribution in [1.29, 1.82) is 0 Å². The number of rotatable bonds is 2. The number of nitrogen functional groups attached to an aromatic ring is 1. The summed E-state index contributed by atoms with van der Waals surface area (Å²) in [5.74, 6) is -2.01. The van der Waals surface area contributed by atoms with Gasteiger partial charge in [0, 0.05) is 46.4 Å². The molecule has 1 aliphatic rings. The Labute approximate surface area is 175 Å². The van der Waals surface area contributed by atoms with Gasteiger partial charge in [-0.3, -0.25) is 14.4 Å². The van der Waals surface area contributed by atoms with Crippen LogP contribution in [0.3, 0.4) is 0 Å². The maximum Gasteiger partial charge on any atom is 0.341 e. The van der Waals surface area contributed by atoms with Crippen LogP contribution in [-0.4, -0.2) is 47.9 Å². The number of ketones is 2. The van der Waals surface area contributed by atoms with Crippen molar-refractivity contribution in [1.82, 2.24) is 0 Å². The number of fused-ring (bicyclic) bond motifs is 2. The van der Waals surface area contributed by atoms with Crippen molar-refractivity contribution >= 4 is 33.3 Å². The zero-order chi connectivity index (χ0) is 17.6. The minimum atomic E-state index is -4.43. The van der Waals surface area contributed by atoms with E-state index in [4.69, 9.17) is 5.73 Å². The summed E-state index contributed by atoms with van der Waals surface area (Å²) in [5.41, 5.74) is 5.81. The van der Waals surface area contributed by atoms with Crippen LogP contribution in [0.5, 0.6) is 0 Å². The quantitative estimate of drug-likeness (QED) is 0.249. The molecule has 0 unspecified atom stereocenters. The van der Waals surface area contributed by atoms with E-state index in [9.17, 15) is 22.8 Å². The van der Waals surface area contributed by atoms with Crippen molar-refractivity contribution in [2.45, 2.75) is 11.8 Å². The zero-order valence-corrected chi connectivity index (χ0v) is 16.8. The molecule has 1 radical (unpaired) electrons. The molecule has 0 saturated carbocycles. The van der Waals surface area contributed by atoms with Gasteiger partial charge in [0.1, 0.15) is 4.90 Å². The Morgan fingerprint density at radius 3 is 1.86 bits per heavy atom. The molecule has 161 valence electrons. The van der Waals surface area contributed by atoms with Crippen LogP contribution in [-0.2, 0) is 36.2 Å². The molecule has 0 aliphatic heterocycles. The number of hydrogen-bond acceptors (Lipinski definition) is 7.